The van der Waals surface area contributed by atoms with E-state index in [2.05, 4.69) is 48.1 Å². The fraction of sp³-hybridized carbons (Fsp3) is 0.500. The fourth-order valence-electron chi connectivity index (χ4n) is 3.60. The maximum absolute atomic E-state index is 5.89. The van der Waals surface area contributed by atoms with Gasteiger partial charge < -0.3 is 10.1 Å². The van der Waals surface area contributed by atoms with Crippen molar-refractivity contribution >= 4 is 5.82 Å². The Labute approximate surface area is 131 Å². The molecule has 2 aliphatic rings. The summed E-state index contributed by atoms with van der Waals surface area (Å²) >= 11 is 0. The highest BCUT2D eigenvalue weighted by Gasteiger charge is 2.30. The van der Waals surface area contributed by atoms with Crippen molar-refractivity contribution in [1.82, 2.24) is 9.78 Å². The molecule has 0 radical (unpaired) electrons. The minimum absolute atomic E-state index is 0.182. The minimum atomic E-state index is 0.182. The van der Waals surface area contributed by atoms with Gasteiger partial charge in [0.2, 0.25) is 0 Å². The second-order valence-electron chi connectivity index (χ2n) is 6.52. The molecule has 2 aromatic rings. The van der Waals surface area contributed by atoms with Crippen LogP contribution in [0.5, 0.6) is 0 Å². The van der Waals surface area contributed by atoms with Gasteiger partial charge in [0.25, 0.3) is 0 Å². The molecular weight excluding hydrogens is 274 g/mol. The molecule has 1 aromatic heterocycles. The Bertz CT molecular complexity index is 684. The monoisotopic (exact) mass is 297 g/mol. The van der Waals surface area contributed by atoms with Crippen molar-refractivity contribution in [2.75, 3.05) is 18.5 Å². The molecule has 4 heteroatoms. The Kier molecular flexibility index (Phi) is 3.41. The molecule has 1 aromatic carbocycles. The van der Waals surface area contributed by atoms with Crippen molar-refractivity contribution in [3.8, 4) is 5.69 Å². The van der Waals surface area contributed by atoms with Gasteiger partial charge in [-0.2, -0.15) is 5.10 Å². The van der Waals surface area contributed by atoms with Crippen LogP contribution in [0.1, 0.15) is 55.5 Å². The lowest BCUT2D eigenvalue weighted by atomic mass is 10.0. The molecule has 0 bridgehead atoms. The van der Waals surface area contributed by atoms with Crippen molar-refractivity contribution in [3.63, 3.8) is 0 Å². The predicted octanol–water partition coefficient (Wildman–Crippen LogP) is 3.82. The van der Waals surface area contributed by atoms with Gasteiger partial charge in [0, 0.05) is 18.7 Å². The lowest BCUT2D eigenvalue weighted by Gasteiger charge is -2.14. The summed E-state index contributed by atoms with van der Waals surface area (Å²) in [6.07, 6.45) is 3.47. The highest BCUT2D eigenvalue weighted by Crippen LogP contribution is 2.38. The zero-order valence-corrected chi connectivity index (χ0v) is 13.3. The highest BCUT2D eigenvalue weighted by molar-refractivity contribution is 5.59. The van der Waals surface area contributed by atoms with Gasteiger partial charge in [-0.3, -0.25) is 0 Å². The summed E-state index contributed by atoms with van der Waals surface area (Å²) in [5.41, 5.74) is 5.02. The molecule has 2 aliphatic heterocycles. The first-order valence-electron chi connectivity index (χ1n) is 8.32. The largest absolute Gasteiger partial charge is 0.372 e. The Hall–Kier alpha value is -1.81. The van der Waals surface area contributed by atoms with E-state index in [-0.39, 0.29) is 6.10 Å². The summed E-state index contributed by atoms with van der Waals surface area (Å²) in [6, 6.07) is 8.57. The Morgan fingerprint density at radius 2 is 2.18 bits per heavy atom. The van der Waals surface area contributed by atoms with E-state index in [4.69, 9.17) is 9.84 Å². The summed E-state index contributed by atoms with van der Waals surface area (Å²) in [5, 5.41) is 8.48. The SMILES string of the molecule is CC(C)c1ccccc1-n1nc(C2CCCO2)c2c1NCC2. The summed E-state index contributed by atoms with van der Waals surface area (Å²) in [4.78, 5) is 0. The molecule has 0 aliphatic carbocycles. The van der Waals surface area contributed by atoms with E-state index < -0.39 is 0 Å². The maximum atomic E-state index is 5.89. The summed E-state index contributed by atoms with van der Waals surface area (Å²) in [6.45, 7) is 6.33. The Balaban J connectivity index is 1.85. The van der Waals surface area contributed by atoms with E-state index in [0.29, 0.717) is 5.92 Å². The number of benzene rings is 1. The van der Waals surface area contributed by atoms with E-state index in [1.54, 1.807) is 0 Å². The van der Waals surface area contributed by atoms with Gasteiger partial charge in [-0.15, -0.1) is 0 Å². The Morgan fingerprint density at radius 1 is 1.32 bits per heavy atom. The zero-order valence-electron chi connectivity index (χ0n) is 13.3. The summed E-state index contributed by atoms with van der Waals surface area (Å²) in [7, 11) is 0. The van der Waals surface area contributed by atoms with Crippen LogP contribution in [0.25, 0.3) is 5.69 Å². The number of fused-ring (bicyclic) bond motifs is 1. The topological polar surface area (TPSA) is 39.1 Å². The number of hydrogen-bond donors (Lipinski definition) is 1. The van der Waals surface area contributed by atoms with Gasteiger partial charge in [0.15, 0.2) is 0 Å². The molecule has 1 atom stereocenters. The molecule has 1 fully saturated rings. The number of nitrogens with one attached hydrogen (secondary N) is 1. The molecule has 22 heavy (non-hydrogen) atoms. The predicted molar refractivity (Wildman–Crippen MR) is 87.8 cm³/mol. The van der Waals surface area contributed by atoms with E-state index >= 15 is 0 Å². The third-order valence-corrected chi connectivity index (χ3v) is 4.70. The average molecular weight is 297 g/mol. The lowest BCUT2D eigenvalue weighted by molar-refractivity contribution is 0.107. The smallest absolute Gasteiger partial charge is 0.133 e. The van der Waals surface area contributed by atoms with E-state index in [1.165, 1.54) is 22.6 Å². The van der Waals surface area contributed by atoms with Gasteiger partial charge in [-0.05, 0) is 36.8 Å². The molecule has 1 saturated heterocycles. The van der Waals surface area contributed by atoms with Crippen LogP contribution in [-0.4, -0.2) is 22.9 Å². The fourth-order valence-corrected chi connectivity index (χ4v) is 3.60. The van der Waals surface area contributed by atoms with Gasteiger partial charge in [-0.25, -0.2) is 4.68 Å². The average Bonchev–Trinajstić information content (AvgIpc) is 3.24. The van der Waals surface area contributed by atoms with Crippen LogP contribution >= 0.6 is 0 Å². The van der Waals surface area contributed by atoms with Crippen molar-refractivity contribution in [1.29, 1.82) is 0 Å². The summed E-state index contributed by atoms with van der Waals surface area (Å²) < 4.78 is 7.99. The number of para-hydroxylation sites is 1. The molecule has 0 amide bonds. The lowest BCUT2D eigenvalue weighted by Crippen LogP contribution is -2.09. The van der Waals surface area contributed by atoms with Crippen LogP contribution in [0.15, 0.2) is 24.3 Å². The first-order chi connectivity index (χ1) is 10.8. The van der Waals surface area contributed by atoms with E-state index in [0.717, 1.165) is 38.1 Å². The van der Waals surface area contributed by atoms with Gasteiger partial charge in [0.1, 0.15) is 11.9 Å². The van der Waals surface area contributed by atoms with Crippen LogP contribution in [-0.2, 0) is 11.2 Å². The molecule has 4 rings (SSSR count). The number of rotatable bonds is 3. The van der Waals surface area contributed by atoms with Crippen molar-refractivity contribution in [2.45, 2.75) is 45.1 Å². The third-order valence-electron chi connectivity index (χ3n) is 4.70. The summed E-state index contributed by atoms with van der Waals surface area (Å²) in [5.74, 6) is 1.64. The van der Waals surface area contributed by atoms with Crippen molar-refractivity contribution < 1.29 is 4.74 Å². The molecular formula is C18H23N3O. The van der Waals surface area contributed by atoms with Crippen molar-refractivity contribution in [2.24, 2.45) is 0 Å². The normalized spacial score (nSPS) is 20.4. The molecule has 3 heterocycles. The van der Waals surface area contributed by atoms with E-state index in [1.807, 2.05) is 0 Å². The quantitative estimate of drug-likeness (QED) is 0.936. The van der Waals surface area contributed by atoms with Crippen molar-refractivity contribution in [3.05, 3.63) is 41.1 Å². The second-order valence-corrected chi connectivity index (χ2v) is 6.52. The molecule has 4 nitrogen and oxygen atoms in total. The van der Waals surface area contributed by atoms with Crippen LogP contribution in [0.3, 0.4) is 0 Å². The number of ether oxygens (including phenoxy) is 1. The number of nitrogens with zero attached hydrogens (tertiary/aromatic N) is 2. The highest BCUT2D eigenvalue weighted by atomic mass is 16.5. The Morgan fingerprint density at radius 3 is 2.95 bits per heavy atom. The van der Waals surface area contributed by atoms with Gasteiger partial charge >= 0.3 is 0 Å². The van der Waals surface area contributed by atoms with Crippen LogP contribution in [0.2, 0.25) is 0 Å². The standard InChI is InChI=1S/C18H23N3O/c1-12(2)13-6-3-4-7-15(13)21-18-14(9-10-19-18)17(20-21)16-8-5-11-22-16/h3-4,6-7,12,16,19H,5,8-11H2,1-2H3. The molecule has 0 spiro atoms. The first kappa shape index (κ1) is 13.8. The van der Waals surface area contributed by atoms with E-state index in [9.17, 15) is 0 Å². The molecule has 1 N–H and O–H groups in total. The van der Waals surface area contributed by atoms with Gasteiger partial charge in [0.05, 0.1) is 11.4 Å². The van der Waals surface area contributed by atoms with Crippen LogP contribution < -0.4 is 5.32 Å². The number of hydrogen-bond acceptors (Lipinski definition) is 3. The van der Waals surface area contributed by atoms with Crippen LogP contribution in [0.4, 0.5) is 5.82 Å². The van der Waals surface area contributed by atoms with Gasteiger partial charge in [-0.1, -0.05) is 32.0 Å². The first-order valence-corrected chi connectivity index (χ1v) is 8.32. The minimum Gasteiger partial charge on any atom is -0.372 e. The molecule has 116 valence electrons. The third kappa shape index (κ3) is 2.13. The van der Waals surface area contributed by atoms with Crippen LogP contribution in [0, 0.1) is 0 Å². The zero-order chi connectivity index (χ0) is 15.1. The maximum Gasteiger partial charge on any atom is 0.133 e. The molecule has 1 unspecified atom stereocenters. The number of anilines is 1. The second kappa shape index (κ2) is 5.43. The molecule has 0 saturated carbocycles. The number of aromatic nitrogens is 2.